The fraction of sp³-hybridized carbons (Fsp3) is 0.333. The Morgan fingerprint density at radius 2 is 1.96 bits per heavy atom. The summed E-state index contributed by atoms with van der Waals surface area (Å²) in [4.78, 5) is 26.4. The van der Waals surface area contributed by atoms with Crippen LogP contribution in [0, 0.1) is 0 Å². The Balaban J connectivity index is 1.69. The molecule has 2 aromatic rings. The molecule has 0 aliphatic carbocycles. The first kappa shape index (κ1) is 15.9. The third-order valence-electron chi connectivity index (χ3n) is 4.49. The molecule has 1 amide bonds. The van der Waals surface area contributed by atoms with Gasteiger partial charge >= 0.3 is 5.97 Å². The van der Waals surface area contributed by atoms with Gasteiger partial charge in [0.25, 0.3) is 0 Å². The Hall–Kier alpha value is -2.01. The van der Waals surface area contributed by atoms with Gasteiger partial charge in [-0.05, 0) is 42.7 Å². The summed E-state index contributed by atoms with van der Waals surface area (Å²) in [5, 5.41) is 11.7. The molecule has 0 radical (unpaired) electrons. The number of amides is 1. The summed E-state index contributed by atoms with van der Waals surface area (Å²) in [6.45, 7) is 2.17. The summed E-state index contributed by atoms with van der Waals surface area (Å²) in [7, 11) is 0. The fourth-order valence-corrected chi connectivity index (χ4v) is 3.89. The maximum atomic E-state index is 12.4. The lowest BCUT2D eigenvalue weighted by Crippen LogP contribution is -2.51. The zero-order valence-electron chi connectivity index (χ0n) is 13.0. The van der Waals surface area contributed by atoms with Crippen molar-refractivity contribution in [3.63, 3.8) is 0 Å². The molecule has 0 aromatic heterocycles. The molecule has 0 bridgehead atoms. The number of fused-ring (bicyclic) bond motifs is 1. The first-order valence-electron chi connectivity index (χ1n) is 7.66. The third-order valence-corrected chi connectivity index (χ3v) is 5.46. The van der Waals surface area contributed by atoms with Crippen LogP contribution in [0.2, 0.25) is 0 Å². The van der Waals surface area contributed by atoms with Gasteiger partial charge in [0.05, 0.1) is 5.75 Å². The highest BCUT2D eigenvalue weighted by molar-refractivity contribution is 8.00. The van der Waals surface area contributed by atoms with E-state index in [9.17, 15) is 14.7 Å². The lowest BCUT2D eigenvalue weighted by Gasteiger charge is -2.31. The molecule has 120 valence electrons. The van der Waals surface area contributed by atoms with Crippen molar-refractivity contribution in [1.29, 1.82) is 0 Å². The lowest BCUT2D eigenvalue weighted by molar-refractivity contribution is -0.154. The van der Waals surface area contributed by atoms with Crippen molar-refractivity contribution in [3.8, 4) is 0 Å². The average Bonchev–Trinajstić information content (AvgIpc) is 2.96. The van der Waals surface area contributed by atoms with Gasteiger partial charge in [-0.25, -0.2) is 4.79 Å². The Labute approximate surface area is 139 Å². The number of carbonyl (C=O) groups excluding carboxylic acids is 1. The zero-order valence-corrected chi connectivity index (χ0v) is 13.8. The summed E-state index contributed by atoms with van der Waals surface area (Å²) in [6, 6.07) is 14.2. The summed E-state index contributed by atoms with van der Waals surface area (Å²) in [6.07, 6.45) is 1.27. The summed E-state index contributed by atoms with van der Waals surface area (Å²) >= 11 is 1.46. The largest absolute Gasteiger partial charge is 0.480 e. The van der Waals surface area contributed by atoms with Gasteiger partial charge in [-0.15, -0.1) is 11.8 Å². The number of likely N-dealkylation sites (tertiary alicyclic amines) is 1. The van der Waals surface area contributed by atoms with E-state index in [2.05, 4.69) is 12.1 Å². The summed E-state index contributed by atoms with van der Waals surface area (Å²) in [5.41, 5.74) is -1.05. The third kappa shape index (κ3) is 3.06. The van der Waals surface area contributed by atoms with Gasteiger partial charge < -0.3 is 10.0 Å². The number of nitrogens with zero attached hydrogens (tertiary/aromatic N) is 1. The van der Waals surface area contributed by atoms with Crippen LogP contribution < -0.4 is 0 Å². The van der Waals surface area contributed by atoms with Crippen molar-refractivity contribution in [2.75, 3.05) is 12.3 Å². The first-order chi connectivity index (χ1) is 11.0. The number of benzene rings is 2. The minimum Gasteiger partial charge on any atom is -0.480 e. The molecule has 3 rings (SSSR count). The smallest absolute Gasteiger partial charge is 0.329 e. The van der Waals surface area contributed by atoms with E-state index in [0.29, 0.717) is 13.0 Å². The van der Waals surface area contributed by atoms with Crippen LogP contribution in [0.25, 0.3) is 10.8 Å². The molecule has 5 heteroatoms. The molecular weight excluding hydrogens is 310 g/mol. The number of hydrogen-bond acceptors (Lipinski definition) is 3. The highest BCUT2D eigenvalue weighted by Crippen LogP contribution is 2.31. The van der Waals surface area contributed by atoms with Crippen LogP contribution in [0.5, 0.6) is 0 Å². The molecule has 0 saturated carbocycles. The topological polar surface area (TPSA) is 57.6 Å². The Bertz CT molecular complexity index is 761. The van der Waals surface area contributed by atoms with E-state index in [1.807, 2.05) is 30.3 Å². The van der Waals surface area contributed by atoms with Crippen LogP contribution in [0.4, 0.5) is 0 Å². The van der Waals surface area contributed by atoms with E-state index in [4.69, 9.17) is 0 Å². The van der Waals surface area contributed by atoms with Crippen LogP contribution in [0.3, 0.4) is 0 Å². The molecule has 2 aromatic carbocycles. The van der Waals surface area contributed by atoms with Crippen molar-refractivity contribution in [2.45, 2.75) is 30.2 Å². The van der Waals surface area contributed by atoms with E-state index in [-0.39, 0.29) is 11.7 Å². The molecule has 1 aliphatic rings. The second-order valence-electron chi connectivity index (χ2n) is 6.03. The van der Waals surface area contributed by atoms with Crippen LogP contribution in [0.15, 0.2) is 47.4 Å². The summed E-state index contributed by atoms with van der Waals surface area (Å²) in [5.74, 6) is -0.758. The van der Waals surface area contributed by atoms with Gasteiger partial charge in [0.1, 0.15) is 5.54 Å². The minimum absolute atomic E-state index is 0.106. The molecule has 4 nitrogen and oxygen atoms in total. The zero-order chi connectivity index (χ0) is 16.4. The second-order valence-corrected chi connectivity index (χ2v) is 7.07. The van der Waals surface area contributed by atoms with Gasteiger partial charge in [0.15, 0.2) is 0 Å². The van der Waals surface area contributed by atoms with E-state index < -0.39 is 11.5 Å². The van der Waals surface area contributed by atoms with Crippen LogP contribution in [-0.2, 0) is 9.59 Å². The number of hydrogen-bond donors (Lipinski definition) is 1. The standard InChI is InChI=1S/C18H19NO3S/c1-18(17(21)22)9-4-10-19(18)16(20)12-23-15-8-7-13-5-2-3-6-14(13)11-15/h2-3,5-8,11H,4,9-10,12H2,1H3,(H,21,22). The quantitative estimate of drug-likeness (QED) is 0.874. The first-order valence-corrected chi connectivity index (χ1v) is 8.65. The van der Waals surface area contributed by atoms with Gasteiger partial charge in [-0.1, -0.05) is 30.3 Å². The molecule has 1 unspecified atom stereocenters. The SMILES string of the molecule is CC1(C(=O)O)CCCN1C(=O)CSc1ccc2ccccc2c1. The maximum Gasteiger partial charge on any atom is 0.329 e. The van der Waals surface area contributed by atoms with E-state index in [1.54, 1.807) is 6.92 Å². The Morgan fingerprint density at radius 3 is 2.70 bits per heavy atom. The molecule has 1 fully saturated rings. The van der Waals surface area contributed by atoms with Crippen molar-refractivity contribution in [3.05, 3.63) is 42.5 Å². The van der Waals surface area contributed by atoms with Crippen molar-refractivity contribution in [2.24, 2.45) is 0 Å². The van der Waals surface area contributed by atoms with Gasteiger partial charge in [0.2, 0.25) is 5.91 Å². The second kappa shape index (κ2) is 6.24. The van der Waals surface area contributed by atoms with Gasteiger partial charge in [-0.2, -0.15) is 0 Å². The molecular formula is C18H19NO3S. The predicted molar refractivity (Wildman–Crippen MR) is 91.7 cm³/mol. The number of carboxylic acid groups (broad SMARTS) is 1. The van der Waals surface area contributed by atoms with Gasteiger partial charge in [0, 0.05) is 11.4 Å². The van der Waals surface area contributed by atoms with Crippen molar-refractivity contribution in [1.82, 2.24) is 4.90 Å². The molecule has 1 saturated heterocycles. The predicted octanol–water partition coefficient (Wildman–Crippen LogP) is 3.40. The maximum absolute atomic E-state index is 12.4. The molecule has 1 N–H and O–H groups in total. The number of carbonyl (C=O) groups is 2. The van der Waals surface area contributed by atoms with Gasteiger partial charge in [-0.3, -0.25) is 4.79 Å². The normalized spacial score (nSPS) is 20.8. The fourth-order valence-electron chi connectivity index (χ4n) is 3.07. The number of carboxylic acids is 1. The van der Waals surface area contributed by atoms with Crippen LogP contribution in [-0.4, -0.2) is 39.7 Å². The monoisotopic (exact) mass is 329 g/mol. The summed E-state index contributed by atoms with van der Waals surface area (Å²) < 4.78 is 0. The van der Waals surface area contributed by atoms with E-state index in [1.165, 1.54) is 22.0 Å². The molecule has 1 atom stereocenters. The van der Waals surface area contributed by atoms with Crippen LogP contribution in [0.1, 0.15) is 19.8 Å². The number of aliphatic carboxylic acids is 1. The van der Waals surface area contributed by atoms with Crippen molar-refractivity contribution < 1.29 is 14.7 Å². The van der Waals surface area contributed by atoms with Crippen molar-refractivity contribution >= 4 is 34.4 Å². The minimum atomic E-state index is -1.05. The average molecular weight is 329 g/mol. The van der Waals surface area contributed by atoms with E-state index in [0.717, 1.165) is 16.7 Å². The van der Waals surface area contributed by atoms with E-state index >= 15 is 0 Å². The molecule has 1 heterocycles. The highest BCUT2D eigenvalue weighted by Gasteiger charge is 2.45. The lowest BCUT2D eigenvalue weighted by atomic mass is 9.99. The Morgan fingerprint density at radius 1 is 1.22 bits per heavy atom. The number of thioether (sulfide) groups is 1. The number of rotatable bonds is 4. The Kier molecular flexibility index (Phi) is 4.31. The molecule has 23 heavy (non-hydrogen) atoms. The molecule has 1 aliphatic heterocycles. The highest BCUT2D eigenvalue weighted by atomic mass is 32.2. The van der Waals surface area contributed by atoms with Crippen LogP contribution >= 0.6 is 11.8 Å². The molecule has 0 spiro atoms.